The molecule has 0 radical (unpaired) electrons. The molecule has 1 fully saturated rings. The van der Waals surface area contributed by atoms with Crippen molar-refractivity contribution in [3.63, 3.8) is 0 Å². The first-order valence-corrected chi connectivity index (χ1v) is 8.87. The van der Waals surface area contributed by atoms with Crippen molar-refractivity contribution < 1.29 is 4.79 Å². The van der Waals surface area contributed by atoms with E-state index in [4.69, 9.17) is 11.6 Å². The Morgan fingerprint density at radius 2 is 2.08 bits per heavy atom. The van der Waals surface area contributed by atoms with Crippen molar-refractivity contribution in [2.45, 2.75) is 25.3 Å². The lowest BCUT2D eigenvalue weighted by Crippen LogP contribution is -2.41. The van der Waals surface area contributed by atoms with Gasteiger partial charge >= 0.3 is 0 Å². The number of rotatable bonds is 3. The van der Waals surface area contributed by atoms with Gasteiger partial charge in [0.2, 0.25) is 5.91 Å². The molecular formula is C19H19ClN4O. The van der Waals surface area contributed by atoms with Crippen molar-refractivity contribution in [3.8, 4) is 0 Å². The predicted molar refractivity (Wildman–Crippen MR) is 97.5 cm³/mol. The molecule has 5 nitrogen and oxygen atoms in total. The van der Waals surface area contributed by atoms with Crippen molar-refractivity contribution in [1.82, 2.24) is 19.7 Å². The first-order valence-electron chi connectivity index (χ1n) is 8.49. The molecule has 1 atom stereocenters. The van der Waals surface area contributed by atoms with E-state index in [0.29, 0.717) is 11.6 Å². The number of carbonyl (C=O) groups excluding carboxylic acids is 1. The van der Waals surface area contributed by atoms with E-state index >= 15 is 0 Å². The number of piperidine rings is 1. The van der Waals surface area contributed by atoms with Gasteiger partial charge in [-0.3, -0.25) is 14.5 Å². The third kappa shape index (κ3) is 3.51. The average molecular weight is 355 g/mol. The molecule has 0 spiro atoms. The highest BCUT2D eigenvalue weighted by atomic mass is 35.5. The summed E-state index contributed by atoms with van der Waals surface area (Å²) < 4.78 is 1.59. The fourth-order valence-electron chi connectivity index (χ4n) is 3.43. The Bertz CT molecular complexity index is 907. The molecule has 0 aliphatic carbocycles. The van der Waals surface area contributed by atoms with Gasteiger partial charge in [-0.25, -0.2) is 0 Å². The Labute approximate surface area is 151 Å². The maximum Gasteiger partial charge on any atom is 0.244 e. The minimum atomic E-state index is 0.0743. The maximum atomic E-state index is 12.6. The highest BCUT2D eigenvalue weighted by molar-refractivity contribution is 6.30. The molecule has 1 amide bonds. The standard InChI is InChI=1S/C19H19ClN4O/c20-17-10-22-24(12-17)13-19(25)23-7-3-6-16(11-23)18-8-14-4-1-2-5-15(14)9-21-18/h1-2,4-5,8-10,12,16H,3,6-7,11,13H2/t16-/m1/s1. The average Bonchev–Trinajstić information content (AvgIpc) is 3.06. The van der Waals surface area contributed by atoms with Gasteiger partial charge < -0.3 is 4.90 Å². The summed E-state index contributed by atoms with van der Waals surface area (Å²) in [4.78, 5) is 19.1. The number of fused-ring (bicyclic) bond motifs is 1. The molecule has 0 unspecified atom stereocenters. The summed E-state index contributed by atoms with van der Waals surface area (Å²) in [5.74, 6) is 0.355. The first kappa shape index (κ1) is 16.1. The van der Waals surface area contributed by atoms with Crippen LogP contribution in [0.15, 0.2) is 48.9 Å². The lowest BCUT2D eigenvalue weighted by molar-refractivity contribution is -0.133. The van der Waals surface area contributed by atoms with Crippen molar-refractivity contribution >= 4 is 28.3 Å². The van der Waals surface area contributed by atoms with Gasteiger partial charge in [0.25, 0.3) is 0 Å². The molecule has 4 rings (SSSR count). The van der Waals surface area contributed by atoms with E-state index in [1.165, 1.54) is 5.39 Å². The molecule has 1 aromatic carbocycles. The number of amides is 1. The summed E-state index contributed by atoms with van der Waals surface area (Å²) in [5.41, 5.74) is 1.07. The molecule has 0 bridgehead atoms. The molecule has 128 valence electrons. The van der Waals surface area contributed by atoms with Crippen LogP contribution in [-0.2, 0) is 11.3 Å². The monoisotopic (exact) mass is 354 g/mol. The number of nitrogens with zero attached hydrogens (tertiary/aromatic N) is 4. The largest absolute Gasteiger partial charge is 0.340 e. The van der Waals surface area contributed by atoms with E-state index < -0.39 is 0 Å². The predicted octanol–water partition coefficient (Wildman–Crippen LogP) is 3.49. The quantitative estimate of drug-likeness (QED) is 0.723. The number of benzene rings is 1. The van der Waals surface area contributed by atoms with Crippen LogP contribution in [0.1, 0.15) is 24.5 Å². The molecule has 0 N–H and O–H groups in total. The van der Waals surface area contributed by atoms with Crippen LogP contribution in [0.25, 0.3) is 10.8 Å². The molecule has 25 heavy (non-hydrogen) atoms. The van der Waals surface area contributed by atoms with E-state index in [1.54, 1.807) is 17.1 Å². The molecule has 1 aliphatic heterocycles. The summed E-state index contributed by atoms with van der Waals surface area (Å²) in [6, 6.07) is 10.4. The van der Waals surface area contributed by atoms with Crippen molar-refractivity contribution in [2.75, 3.05) is 13.1 Å². The normalized spacial score (nSPS) is 17.8. The summed E-state index contributed by atoms with van der Waals surface area (Å²) in [6.45, 7) is 1.72. The number of pyridine rings is 1. The third-order valence-corrected chi connectivity index (χ3v) is 4.94. The Balaban J connectivity index is 1.48. The second kappa shape index (κ2) is 6.84. The summed E-state index contributed by atoms with van der Waals surface area (Å²) in [7, 11) is 0. The fraction of sp³-hybridized carbons (Fsp3) is 0.316. The van der Waals surface area contributed by atoms with Gasteiger partial charge in [-0.2, -0.15) is 5.10 Å². The maximum absolute atomic E-state index is 12.6. The number of carbonyl (C=O) groups is 1. The highest BCUT2D eigenvalue weighted by Crippen LogP contribution is 2.27. The van der Waals surface area contributed by atoms with Crippen LogP contribution in [0.2, 0.25) is 5.02 Å². The van der Waals surface area contributed by atoms with E-state index in [9.17, 15) is 4.79 Å². The lowest BCUT2D eigenvalue weighted by Gasteiger charge is -2.32. The Morgan fingerprint density at radius 3 is 2.88 bits per heavy atom. The number of likely N-dealkylation sites (tertiary alicyclic amines) is 1. The number of aromatic nitrogens is 3. The van der Waals surface area contributed by atoms with Crippen LogP contribution in [0.3, 0.4) is 0 Å². The van der Waals surface area contributed by atoms with Gasteiger partial charge in [0.15, 0.2) is 0 Å². The van der Waals surface area contributed by atoms with Gasteiger partial charge in [-0.1, -0.05) is 35.9 Å². The topological polar surface area (TPSA) is 51.0 Å². The summed E-state index contributed by atoms with van der Waals surface area (Å²) >= 11 is 5.86. The molecule has 6 heteroatoms. The molecular weight excluding hydrogens is 336 g/mol. The van der Waals surface area contributed by atoms with Crippen molar-refractivity contribution in [1.29, 1.82) is 0 Å². The van der Waals surface area contributed by atoms with Crippen LogP contribution in [0.4, 0.5) is 0 Å². The SMILES string of the molecule is O=C(Cn1cc(Cl)cn1)N1CCC[C@@H](c2cc3ccccc3cn2)C1. The van der Waals surface area contributed by atoms with E-state index in [1.807, 2.05) is 23.2 Å². The number of hydrogen-bond acceptors (Lipinski definition) is 3. The van der Waals surface area contributed by atoms with Crippen LogP contribution < -0.4 is 0 Å². The van der Waals surface area contributed by atoms with Crippen molar-refractivity contribution in [3.05, 3.63) is 59.6 Å². The van der Waals surface area contributed by atoms with Crippen LogP contribution >= 0.6 is 11.6 Å². The summed E-state index contributed by atoms with van der Waals surface area (Å²) in [6.07, 6.45) is 7.20. The van der Waals surface area contributed by atoms with E-state index in [2.05, 4.69) is 28.3 Å². The lowest BCUT2D eigenvalue weighted by atomic mass is 9.93. The minimum absolute atomic E-state index is 0.0743. The van der Waals surface area contributed by atoms with Crippen LogP contribution in [-0.4, -0.2) is 38.7 Å². The zero-order valence-electron chi connectivity index (χ0n) is 13.8. The molecule has 3 aromatic rings. The van der Waals surface area contributed by atoms with E-state index in [-0.39, 0.29) is 18.4 Å². The van der Waals surface area contributed by atoms with Crippen molar-refractivity contribution in [2.24, 2.45) is 0 Å². The second-order valence-electron chi connectivity index (χ2n) is 6.49. The van der Waals surface area contributed by atoms with Gasteiger partial charge in [-0.05, 0) is 24.3 Å². The second-order valence-corrected chi connectivity index (χ2v) is 6.93. The molecule has 0 saturated carbocycles. The third-order valence-electron chi connectivity index (χ3n) is 4.74. The molecule has 2 aromatic heterocycles. The van der Waals surface area contributed by atoms with Gasteiger partial charge in [0.05, 0.1) is 11.2 Å². The van der Waals surface area contributed by atoms with E-state index in [0.717, 1.165) is 30.5 Å². The van der Waals surface area contributed by atoms with Crippen LogP contribution in [0, 0.1) is 0 Å². The fourth-order valence-corrected chi connectivity index (χ4v) is 3.59. The molecule has 3 heterocycles. The Morgan fingerprint density at radius 1 is 1.24 bits per heavy atom. The van der Waals surface area contributed by atoms with Gasteiger partial charge in [0.1, 0.15) is 6.54 Å². The molecule has 1 aliphatic rings. The zero-order chi connectivity index (χ0) is 17.2. The molecule has 1 saturated heterocycles. The number of halogens is 1. The van der Waals surface area contributed by atoms with Gasteiger partial charge in [-0.15, -0.1) is 0 Å². The number of hydrogen-bond donors (Lipinski definition) is 0. The van der Waals surface area contributed by atoms with Gasteiger partial charge in [0, 0.05) is 42.5 Å². The Hall–Kier alpha value is -2.40. The summed E-state index contributed by atoms with van der Waals surface area (Å²) in [5, 5.41) is 6.97. The Kier molecular flexibility index (Phi) is 4.40. The zero-order valence-corrected chi connectivity index (χ0v) is 14.6. The van der Waals surface area contributed by atoms with Crippen LogP contribution in [0.5, 0.6) is 0 Å². The highest BCUT2D eigenvalue weighted by Gasteiger charge is 2.26. The minimum Gasteiger partial charge on any atom is -0.340 e. The first-order chi connectivity index (χ1) is 12.2. The smallest absolute Gasteiger partial charge is 0.244 e.